The average molecular weight is 371 g/mol. The van der Waals surface area contributed by atoms with Crippen molar-refractivity contribution in [3.05, 3.63) is 70.5 Å². The molecule has 0 bridgehead atoms. The summed E-state index contributed by atoms with van der Waals surface area (Å²) in [6, 6.07) is 8.39. The predicted molar refractivity (Wildman–Crippen MR) is 93.8 cm³/mol. The maximum Gasteiger partial charge on any atom is 0.341 e. The van der Waals surface area contributed by atoms with Crippen LogP contribution in [-0.4, -0.2) is 21.6 Å². The summed E-state index contributed by atoms with van der Waals surface area (Å²) in [7, 11) is 0. The molecule has 8 heteroatoms. The van der Waals surface area contributed by atoms with E-state index in [1.54, 1.807) is 37.5 Å². The van der Waals surface area contributed by atoms with Crippen molar-refractivity contribution in [2.24, 2.45) is 5.73 Å². The van der Waals surface area contributed by atoms with Gasteiger partial charge in [-0.15, -0.1) is 0 Å². The maximum absolute atomic E-state index is 13.1. The second-order valence-electron chi connectivity index (χ2n) is 6.16. The molecule has 7 nitrogen and oxygen atoms in total. The van der Waals surface area contributed by atoms with Gasteiger partial charge in [0.25, 0.3) is 5.91 Å². The first-order valence-corrected chi connectivity index (χ1v) is 8.16. The summed E-state index contributed by atoms with van der Waals surface area (Å²) in [6.45, 7) is 5.30. The summed E-state index contributed by atoms with van der Waals surface area (Å²) >= 11 is 0. The van der Waals surface area contributed by atoms with Gasteiger partial charge in [-0.2, -0.15) is 0 Å². The Morgan fingerprint density at radius 2 is 1.85 bits per heavy atom. The summed E-state index contributed by atoms with van der Waals surface area (Å²) in [4.78, 5) is 24.4. The first-order chi connectivity index (χ1) is 12.8. The SMILES string of the molecule is Cc1cc(-n2c(C)cc(C(=O)O[C@H](C(N)=O)c3ccc(F)cc3)c2C)no1. The molecule has 1 atom stereocenters. The summed E-state index contributed by atoms with van der Waals surface area (Å²) in [5, 5.41) is 3.95. The van der Waals surface area contributed by atoms with Gasteiger partial charge >= 0.3 is 5.97 Å². The van der Waals surface area contributed by atoms with E-state index in [1.807, 2.05) is 0 Å². The van der Waals surface area contributed by atoms with Crippen LogP contribution >= 0.6 is 0 Å². The molecule has 0 spiro atoms. The minimum absolute atomic E-state index is 0.265. The molecule has 27 heavy (non-hydrogen) atoms. The van der Waals surface area contributed by atoms with E-state index in [4.69, 9.17) is 15.0 Å². The summed E-state index contributed by atoms with van der Waals surface area (Å²) in [5.41, 5.74) is 7.24. The minimum Gasteiger partial charge on any atom is -0.444 e. The minimum atomic E-state index is -1.32. The third kappa shape index (κ3) is 3.59. The zero-order valence-electron chi connectivity index (χ0n) is 15.0. The van der Waals surface area contributed by atoms with Crippen LogP contribution in [0.1, 0.15) is 39.2 Å². The fourth-order valence-corrected chi connectivity index (χ4v) is 2.88. The lowest BCUT2D eigenvalue weighted by Crippen LogP contribution is -2.26. The highest BCUT2D eigenvalue weighted by atomic mass is 19.1. The van der Waals surface area contributed by atoms with E-state index in [9.17, 15) is 14.0 Å². The zero-order valence-corrected chi connectivity index (χ0v) is 15.0. The van der Waals surface area contributed by atoms with Gasteiger partial charge in [0.15, 0.2) is 5.82 Å². The molecule has 3 rings (SSSR count). The Hall–Kier alpha value is -3.42. The van der Waals surface area contributed by atoms with E-state index in [2.05, 4.69) is 5.16 Å². The molecule has 0 saturated heterocycles. The smallest absolute Gasteiger partial charge is 0.341 e. The van der Waals surface area contributed by atoms with Crippen LogP contribution in [0.3, 0.4) is 0 Å². The number of ether oxygens (including phenoxy) is 1. The normalized spacial score (nSPS) is 12.0. The van der Waals surface area contributed by atoms with Crippen LogP contribution in [0.4, 0.5) is 4.39 Å². The molecule has 140 valence electrons. The van der Waals surface area contributed by atoms with Crippen molar-refractivity contribution >= 4 is 11.9 Å². The molecule has 0 saturated carbocycles. The standard InChI is InChI=1S/C19H18FN3O4/c1-10-8-15(12(3)23(10)16-9-11(2)27-22-16)19(25)26-17(18(21)24)13-4-6-14(20)7-5-13/h4-9,17H,1-3H3,(H2,21,24)/t17-/m0/s1. The number of halogens is 1. The van der Waals surface area contributed by atoms with Crippen LogP contribution in [0, 0.1) is 26.6 Å². The number of carbonyl (C=O) groups is 2. The lowest BCUT2D eigenvalue weighted by atomic mass is 10.1. The highest BCUT2D eigenvalue weighted by Gasteiger charge is 2.26. The van der Waals surface area contributed by atoms with Crippen LogP contribution in [0.5, 0.6) is 0 Å². The van der Waals surface area contributed by atoms with Crippen molar-refractivity contribution in [3.8, 4) is 5.82 Å². The monoisotopic (exact) mass is 371 g/mol. The molecule has 2 N–H and O–H groups in total. The molecule has 3 aromatic rings. The number of hydrogen-bond acceptors (Lipinski definition) is 5. The molecule has 1 aromatic carbocycles. The Morgan fingerprint density at radius 3 is 2.41 bits per heavy atom. The molecule has 0 aliphatic carbocycles. The Morgan fingerprint density at radius 1 is 1.19 bits per heavy atom. The molecule has 1 amide bonds. The van der Waals surface area contributed by atoms with Crippen molar-refractivity contribution in [1.82, 2.24) is 9.72 Å². The molecule has 0 fully saturated rings. The van der Waals surface area contributed by atoms with E-state index in [-0.39, 0.29) is 11.1 Å². The van der Waals surface area contributed by atoms with Crippen molar-refractivity contribution < 1.29 is 23.2 Å². The van der Waals surface area contributed by atoms with Crippen LogP contribution < -0.4 is 5.73 Å². The summed E-state index contributed by atoms with van der Waals surface area (Å²) < 4.78 is 25.2. The van der Waals surface area contributed by atoms with Crippen molar-refractivity contribution in [3.63, 3.8) is 0 Å². The largest absolute Gasteiger partial charge is 0.444 e. The number of esters is 1. The third-order valence-corrected chi connectivity index (χ3v) is 4.15. The van der Waals surface area contributed by atoms with E-state index in [0.717, 1.165) is 17.8 Å². The lowest BCUT2D eigenvalue weighted by molar-refractivity contribution is -0.127. The van der Waals surface area contributed by atoms with Crippen molar-refractivity contribution in [1.29, 1.82) is 0 Å². The van der Waals surface area contributed by atoms with Gasteiger partial charge in [0, 0.05) is 23.0 Å². The number of nitrogens with zero attached hydrogens (tertiary/aromatic N) is 2. The summed E-state index contributed by atoms with van der Waals surface area (Å²) in [5.74, 6) is -0.878. The van der Waals surface area contributed by atoms with E-state index in [1.165, 1.54) is 12.1 Å². The Kier molecular flexibility index (Phi) is 4.81. The fourth-order valence-electron chi connectivity index (χ4n) is 2.88. The van der Waals surface area contributed by atoms with Gasteiger partial charge in [-0.05, 0) is 39.0 Å². The van der Waals surface area contributed by atoms with Gasteiger partial charge < -0.3 is 15.0 Å². The van der Waals surface area contributed by atoms with Gasteiger partial charge in [0.05, 0.1) is 5.56 Å². The average Bonchev–Trinajstić information content (AvgIpc) is 3.16. The van der Waals surface area contributed by atoms with Crippen LogP contribution in [-0.2, 0) is 9.53 Å². The molecule has 2 heterocycles. The lowest BCUT2D eigenvalue weighted by Gasteiger charge is -2.15. The number of carbonyl (C=O) groups excluding carboxylic acids is 2. The Bertz CT molecular complexity index is 1000. The molecule has 2 aromatic heterocycles. The quantitative estimate of drug-likeness (QED) is 0.695. The molecular weight excluding hydrogens is 353 g/mol. The summed E-state index contributed by atoms with van der Waals surface area (Å²) in [6.07, 6.45) is -1.32. The van der Waals surface area contributed by atoms with Gasteiger partial charge in [-0.1, -0.05) is 17.3 Å². The number of aryl methyl sites for hydroxylation is 2. The maximum atomic E-state index is 13.1. The molecular formula is C19H18FN3O4. The highest BCUT2D eigenvalue weighted by Crippen LogP contribution is 2.24. The molecule has 0 radical (unpaired) electrons. The Balaban J connectivity index is 1.91. The molecule has 0 aliphatic heterocycles. The number of primary amides is 1. The molecule has 0 unspecified atom stereocenters. The second kappa shape index (κ2) is 7.06. The number of amides is 1. The van der Waals surface area contributed by atoms with Crippen LogP contribution in [0.2, 0.25) is 0 Å². The van der Waals surface area contributed by atoms with Crippen molar-refractivity contribution in [2.45, 2.75) is 26.9 Å². The third-order valence-electron chi connectivity index (χ3n) is 4.15. The van der Waals surface area contributed by atoms with Gasteiger partial charge in [-0.3, -0.25) is 9.36 Å². The molecule has 0 aliphatic rings. The number of hydrogen-bond donors (Lipinski definition) is 1. The highest BCUT2D eigenvalue weighted by molar-refractivity contribution is 5.93. The van der Waals surface area contributed by atoms with Gasteiger partial charge in [0.1, 0.15) is 11.6 Å². The topological polar surface area (TPSA) is 100 Å². The number of nitrogens with two attached hydrogens (primary N) is 1. The van der Waals surface area contributed by atoms with E-state index >= 15 is 0 Å². The zero-order chi connectivity index (χ0) is 19.7. The number of benzene rings is 1. The number of rotatable bonds is 5. The van der Waals surface area contributed by atoms with E-state index < -0.39 is 23.8 Å². The predicted octanol–water partition coefficient (Wildman–Crippen LogP) is 2.91. The van der Waals surface area contributed by atoms with Gasteiger partial charge in [-0.25, -0.2) is 9.18 Å². The van der Waals surface area contributed by atoms with Crippen molar-refractivity contribution in [2.75, 3.05) is 0 Å². The van der Waals surface area contributed by atoms with E-state index in [0.29, 0.717) is 17.3 Å². The van der Waals surface area contributed by atoms with Crippen LogP contribution in [0.15, 0.2) is 40.9 Å². The first kappa shape index (κ1) is 18.4. The number of aromatic nitrogens is 2. The fraction of sp³-hybridized carbons (Fsp3) is 0.211. The van der Waals surface area contributed by atoms with Gasteiger partial charge in [0.2, 0.25) is 6.10 Å². The second-order valence-corrected chi connectivity index (χ2v) is 6.16. The Labute approximate surface area is 154 Å². The first-order valence-electron chi connectivity index (χ1n) is 8.16. The van der Waals surface area contributed by atoms with Crippen LogP contribution in [0.25, 0.3) is 5.82 Å².